The molecular weight excluding hydrogens is 282 g/mol. The standard InChI is InChI=1S/C12H19N3O4S/c1-9-3-4-10(7-11(9)20(17,18)14-2)15-12(16)8-19-6-5-13/h3-4,7,14H,5-6,8,13H2,1-2H3,(H,15,16). The van der Waals surface area contributed by atoms with Crippen LogP contribution in [0.2, 0.25) is 0 Å². The lowest BCUT2D eigenvalue weighted by atomic mass is 10.2. The molecular formula is C12H19N3O4S. The zero-order chi connectivity index (χ0) is 15.2. The van der Waals surface area contributed by atoms with E-state index in [0.717, 1.165) is 0 Å². The predicted molar refractivity (Wildman–Crippen MR) is 75.9 cm³/mol. The largest absolute Gasteiger partial charge is 0.370 e. The number of ether oxygens (including phenoxy) is 1. The summed E-state index contributed by atoms with van der Waals surface area (Å²) in [7, 11) is -2.22. The van der Waals surface area contributed by atoms with Crippen molar-refractivity contribution in [1.82, 2.24) is 4.72 Å². The lowest BCUT2D eigenvalue weighted by Crippen LogP contribution is -2.22. The Bertz CT molecular complexity index is 572. The van der Waals surface area contributed by atoms with E-state index >= 15 is 0 Å². The maximum atomic E-state index is 11.8. The van der Waals surface area contributed by atoms with Crippen LogP contribution >= 0.6 is 0 Å². The average Bonchev–Trinajstić information content (AvgIpc) is 2.41. The lowest BCUT2D eigenvalue weighted by molar-refractivity contribution is -0.120. The van der Waals surface area contributed by atoms with Crippen LogP contribution in [0.4, 0.5) is 5.69 Å². The first-order chi connectivity index (χ1) is 9.40. The van der Waals surface area contributed by atoms with Crippen LogP contribution in [0.15, 0.2) is 23.1 Å². The Kier molecular flexibility index (Phi) is 6.08. The summed E-state index contributed by atoms with van der Waals surface area (Å²) in [5.74, 6) is -0.366. The molecule has 0 spiro atoms. The molecule has 1 aromatic carbocycles. The Labute approximate surface area is 118 Å². The molecule has 0 bridgehead atoms. The Morgan fingerprint density at radius 1 is 1.40 bits per heavy atom. The molecule has 4 N–H and O–H groups in total. The molecule has 0 saturated heterocycles. The molecule has 1 aromatic rings. The van der Waals surface area contributed by atoms with Crippen molar-refractivity contribution in [1.29, 1.82) is 0 Å². The van der Waals surface area contributed by atoms with Gasteiger partial charge in [-0.2, -0.15) is 0 Å². The molecule has 0 heterocycles. The molecule has 0 fully saturated rings. The highest BCUT2D eigenvalue weighted by Gasteiger charge is 2.15. The predicted octanol–water partition coefficient (Wildman–Crippen LogP) is -0.183. The van der Waals surface area contributed by atoms with Crippen molar-refractivity contribution in [3.8, 4) is 0 Å². The number of carbonyl (C=O) groups excluding carboxylic acids is 1. The second-order valence-corrected chi connectivity index (χ2v) is 5.93. The zero-order valence-corrected chi connectivity index (χ0v) is 12.3. The van der Waals surface area contributed by atoms with Crippen LogP contribution in [0, 0.1) is 6.92 Å². The molecule has 0 atom stereocenters. The smallest absolute Gasteiger partial charge is 0.250 e. The Hall–Kier alpha value is -1.48. The minimum Gasteiger partial charge on any atom is -0.370 e. The van der Waals surface area contributed by atoms with Crippen LogP contribution < -0.4 is 15.8 Å². The summed E-state index contributed by atoms with van der Waals surface area (Å²) in [6.45, 7) is 2.18. The number of nitrogens with one attached hydrogen (secondary N) is 2. The third kappa shape index (κ3) is 4.57. The summed E-state index contributed by atoms with van der Waals surface area (Å²) < 4.78 is 30.8. The second kappa shape index (κ2) is 7.34. The van der Waals surface area contributed by atoms with Crippen molar-refractivity contribution in [2.24, 2.45) is 5.73 Å². The van der Waals surface area contributed by atoms with Crippen LogP contribution in [-0.4, -0.2) is 41.1 Å². The minimum atomic E-state index is -3.56. The van der Waals surface area contributed by atoms with Gasteiger partial charge in [0.1, 0.15) is 6.61 Å². The van der Waals surface area contributed by atoms with Gasteiger partial charge in [-0.3, -0.25) is 4.79 Å². The highest BCUT2D eigenvalue weighted by atomic mass is 32.2. The van der Waals surface area contributed by atoms with Gasteiger partial charge in [0, 0.05) is 12.2 Å². The van der Waals surface area contributed by atoms with E-state index in [2.05, 4.69) is 10.0 Å². The summed E-state index contributed by atoms with van der Waals surface area (Å²) >= 11 is 0. The number of aryl methyl sites for hydroxylation is 1. The fraction of sp³-hybridized carbons (Fsp3) is 0.417. The highest BCUT2D eigenvalue weighted by molar-refractivity contribution is 7.89. The Morgan fingerprint density at radius 2 is 2.10 bits per heavy atom. The topological polar surface area (TPSA) is 111 Å². The van der Waals surface area contributed by atoms with Crippen molar-refractivity contribution < 1.29 is 17.9 Å². The third-order valence-corrected chi connectivity index (χ3v) is 4.08. The van der Waals surface area contributed by atoms with E-state index in [0.29, 0.717) is 24.4 Å². The first kappa shape index (κ1) is 16.6. The van der Waals surface area contributed by atoms with E-state index in [1.807, 2.05) is 0 Å². The van der Waals surface area contributed by atoms with Crippen molar-refractivity contribution in [3.05, 3.63) is 23.8 Å². The van der Waals surface area contributed by atoms with Crippen LogP contribution in [0.1, 0.15) is 5.56 Å². The number of hydrogen-bond donors (Lipinski definition) is 3. The molecule has 0 unspecified atom stereocenters. The monoisotopic (exact) mass is 301 g/mol. The molecule has 20 heavy (non-hydrogen) atoms. The number of nitrogens with two attached hydrogens (primary N) is 1. The number of hydrogen-bond acceptors (Lipinski definition) is 5. The molecule has 0 aliphatic carbocycles. The van der Waals surface area contributed by atoms with Crippen molar-refractivity contribution >= 4 is 21.6 Å². The Balaban J connectivity index is 2.83. The molecule has 1 amide bonds. The third-order valence-electron chi connectivity index (χ3n) is 2.53. The van der Waals surface area contributed by atoms with Crippen molar-refractivity contribution in [2.45, 2.75) is 11.8 Å². The van der Waals surface area contributed by atoms with Crippen LogP contribution in [0.3, 0.4) is 0 Å². The molecule has 0 radical (unpaired) electrons. The van der Waals surface area contributed by atoms with E-state index in [9.17, 15) is 13.2 Å². The van der Waals surface area contributed by atoms with Gasteiger partial charge in [-0.25, -0.2) is 13.1 Å². The quantitative estimate of drug-likeness (QED) is 0.605. The number of benzene rings is 1. The van der Waals surface area contributed by atoms with Crippen molar-refractivity contribution in [3.63, 3.8) is 0 Å². The summed E-state index contributed by atoms with van der Waals surface area (Å²) in [6.07, 6.45) is 0. The van der Waals surface area contributed by atoms with Crippen LogP contribution in [-0.2, 0) is 19.6 Å². The van der Waals surface area contributed by atoms with Gasteiger partial charge in [0.15, 0.2) is 0 Å². The van der Waals surface area contributed by atoms with E-state index in [1.165, 1.54) is 13.1 Å². The van der Waals surface area contributed by atoms with Gasteiger partial charge >= 0.3 is 0 Å². The molecule has 0 aliphatic rings. The second-order valence-electron chi connectivity index (χ2n) is 4.08. The SMILES string of the molecule is CNS(=O)(=O)c1cc(NC(=O)COCCN)ccc1C. The lowest BCUT2D eigenvalue weighted by Gasteiger charge is -2.10. The van der Waals surface area contributed by atoms with E-state index in [4.69, 9.17) is 10.5 Å². The first-order valence-electron chi connectivity index (χ1n) is 6.02. The normalized spacial score (nSPS) is 11.3. The first-order valence-corrected chi connectivity index (χ1v) is 7.51. The van der Waals surface area contributed by atoms with Crippen molar-refractivity contribution in [2.75, 3.05) is 32.1 Å². The fourth-order valence-corrected chi connectivity index (χ4v) is 2.52. The van der Waals surface area contributed by atoms with E-state index < -0.39 is 10.0 Å². The zero-order valence-electron chi connectivity index (χ0n) is 11.5. The number of amides is 1. The molecule has 0 aliphatic heterocycles. The van der Waals surface area contributed by atoms with Gasteiger partial charge in [0.2, 0.25) is 15.9 Å². The van der Waals surface area contributed by atoms with E-state index in [-0.39, 0.29) is 17.4 Å². The summed E-state index contributed by atoms with van der Waals surface area (Å²) in [6, 6.07) is 4.66. The van der Waals surface area contributed by atoms with Crippen LogP contribution in [0.5, 0.6) is 0 Å². The maximum absolute atomic E-state index is 11.8. The molecule has 112 valence electrons. The summed E-state index contributed by atoms with van der Waals surface area (Å²) in [5.41, 5.74) is 6.23. The molecule has 0 aromatic heterocycles. The molecule has 1 rings (SSSR count). The average molecular weight is 301 g/mol. The van der Waals surface area contributed by atoms with Gasteiger partial charge in [0.25, 0.3) is 0 Å². The molecule has 8 heteroatoms. The summed E-state index contributed by atoms with van der Waals surface area (Å²) in [5, 5.41) is 2.57. The van der Waals surface area contributed by atoms with Gasteiger partial charge in [-0.1, -0.05) is 6.07 Å². The van der Waals surface area contributed by atoms with Gasteiger partial charge in [-0.05, 0) is 31.7 Å². The van der Waals surface area contributed by atoms with Crippen LogP contribution in [0.25, 0.3) is 0 Å². The molecule has 0 saturated carbocycles. The van der Waals surface area contributed by atoms with Gasteiger partial charge in [0.05, 0.1) is 11.5 Å². The van der Waals surface area contributed by atoms with Gasteiger partial charge < -0.3 is 15.8 Å². The molecule has 7 nitrogen and oxygen atoms in total. The summed E-state index contributed by atoms with van der Waals surface area (Å²) in [4.78, 5) is 11.7. The highest BCUT2D eigenvalue weighted by Crippen LogP contribution is 2.19. The van der Waals surface area contributed by atoms with E-state index in [1.54, 1.807) is 19.1 Å². The number of rotatable bonds is 7. The number of carbonyl (C=O) groups is 1. The number of anilines is 1. The Morgan fingerprint density at radius 3 is 2.70 bits per heavy atom. The minimum absolute atomic E-state index is 0.126. The fourth-order valence-electron chi connectivity index (χ4n) is 1.52. The number of sulfonamides is 1. The van der Waals surface area contributed by atoms with Gasteiger partial charge in [-0.15, -0.1) is 0 Å². The maximum Gasteiger partial charge on any atom is 0.250 e.